The van der Waals surface area contributed by atoms with Crippen LogP contribution in [-0.4, -0.2) is 4.37 Å². The van der Waals surface area contributed by atoms with Crippen LogP contribution >= 0.6 is 11.5 Å². The maximum atomic E-state index is 8.56. The lowest BCUT2D eigenvalue weighted by Gasteiger charge is -1.86. The lowest BCUT2D eigenvalue weighted by molar-refractivity contribution is 1.18. The summed E-state index contributed by atoms with van der Waals surface area (Å²) >= 11 is 1.30. The summed E-state index contributed by atoms with van der Waals surface area (Å²) < 4.78 is 3.86. The molecule has 0 aromatic carbocycles. The minimum Gasteiger partial charge on any atom is -0.382 e. The van der Waals surface area contributed by atoms with Gasteiger partial charge in [0.15, 0.2) is 5.82 Å². The van der Waals surface area contributed by atoms with Gasteiger partial charge in [-0.1, -0.05) is 6.92 Å². The highest BCUT2D eigenvalue weighted by atomic mass is 32.1. The van der Waals surface area contributed by atoms with E-state index in [-0.39, 0.29) is 0 Å². The molecule has 0 aliphatic heterocycles. The van der Waals surface area contributed by atoms with E-state index >= 15 is 0 Å². The topological polar surface area (TPSA) is 62.7 Å². The predicted octanol–water partition coefficient (Wildman–Crippen LogP) is 1.16. The first-order chi connectivity index (χ1) is 4.79. The van der Waals surface area contributed by atoms with E-state index in [1.807, 2.05) is 13.0 Å². The molecule has 1 rings (SSSR count). The molecule has 10 heavy (non-hydrogen) atoms. The van der Waals surface area contributed by atoms with E-state index in [1.54, 1.807) is 0 Å². The molecule has 0 saturated carbocycles. The Kier molecular flexibility index (Phi) is 1.88. The van der Waals surface area contributed by atoms with Crippen molar-refractivity contribution in [2.24, 2.45) is 0 Å². The summed E-state index contributed by atoms with van der Waals surface area (Å²) in [7, 11) is 0. The SMILES string of the molecule is CCc1snc(N)c1C#N. The van der Waals surface area contributed by atoms with Crippen molar-refractivity contribution in [2.75, 3.05) is 5.73 Å². The molecule has 0 atom stereocenters. The van der Waals surface area contributed by atoms with Gasteiger partial charge in [-0.15, -0.1) is 0 Å². The largest absolute Gasteiger partial charge is 0.382 e. The molecule has 4 heteroatoms. The van der Waals surface area contributed by atoms with Crippen LogP contribution in [0.25, 0.3) is 0 Å². The van der Waals surface area contributed by atoms with Crippen molar-refractivity contribution in [1.82, 2.24) is 4.37 Å². The summed E-state index contributed by atoms with van der Waals surface area (Å²) in [6.07, 6.45) is 0.831. The number of nitrogens with two attached hydrogens (primary N) is 1. The highest BCUT2D eigenvalue weighted by Crippen LogP contribution is 2.19. The predicted molar refractivity (Wildman–Crippen MR) is 40.6 cm³/mol. The van der Waals surface area contributed by atoms with Gasteiger partial charge in [0.1, 0.15) is 11.6 Å². The summed E-state index contributed by atoms with van der Waals surface area (Å²) in [6, 6.07) is 2.02. The molecule has 0 bridgehead atoms. The molecule has 0 fully saturated rings. The van der Waals surface area contributed by atoms with Gasteiger partial charge in [0.2, 0.25) is 0 Å². The van der Waals surface area contributed by atoms with Crippen molar-refractivity contribution in [1.29, 1.82) is 5.26 Å². The third-order valence-corrected chi connectivity index (χ3v) is 2.22. The van der Waals surface area contributed by atoms with Crippen molar-refractivity contribution in [3.05, 3.63) is 10.4 Å². The maximum Gasteiger partial charge on any atom is 0.155 e. The van der Waals surface area contributed by atoms with E-state index in [1.165, 1.54) is 11.5 Å². The Labute approximate surface area is 63.3 Å². The van der Waals surface area contributed by atoms with Crippen molar-refractivity contribution in [3.63, 3.8) is 0 Å². The van der Waals surface area contributed by atoms with Crippen molar-refractivity contribution >= 4 is 17.4 Å². The van der Waals surface area contributed by atoms with Gasteiger partial charge in [-0.2, -0.15) is 9.64 Å². The number of aryl methyl sites for hydroxylation is 1. The molecule has 0 saturated heterocycles. The molecule has 0 aliphatic rings. The van der Waals surface area contributed by atoms with Gasteiger partial charge >= 0.3 is 0 Å². The van der Waals surface area contributed by atoms with Crippen molar-refractivity contribution in [3.8, 4) is 6.07 Å². The number of aromatic nitrogens is 1. The monoisotopic (exact) mass is 153 g/mol. The van der Waals surface area contributed by atoms with Gasteiger partial charge in [-0.05, 0) is 18.0 Å². The van der Waals surface area contributed by atoms with E-state index in [4.69, 9.17) is 11.0 Å². The van der Waals surface area contributed by atoms with Crippen LogP contribution in [0.3, 0.4) is 0 Å². The fourth-order valence-electron chi connectivity index (χ4n) is 0.699. The van der Waals surface area contributed by atoms with Crippen molar-refractivity contribution in [2.45, 2.75) is 13.3 Å². The summed E-state index contributed by atoms with van der Waals surface area (Å²) in [5.41, 5.74) is 5.95. The molecule has 0 radical (unpaired) electrons. The van der Waals surface area contributed by atoms with Crippen LogP contribution in [0.15, 0.2) is 0 Å². The van der Waals surface area contributed by atoms with E-state index in [0.29, 0.717) is 11.4 Å². The van der Waals surface area contributed by atoms with Crippen LogP contribution in [-0.2, 0) is 6.42 Å². The molecule has 0 amide bonds. The van der Waals surface area contributed by atoms with Gasteiger partial charge in [0.05, 0.1) is 0 Å². The highest BCUT2D eigenvalue weighted by Gasteiger charge is 2.07. The first kappa shape index (κ1) is 7.03. The Bertz CT molecular complexity index is 271. The number of anilines is 1. The molecule has 1 aromatic rings. The zero-order valence-electron chi connectivity index (χ0n) is 5.59. The average Bonchev–Trinajstić information content (AvgIpc) is 2.30. The zero-order chi connectivity index (χ0) is 7.56. The molecule has 52 valence electrons. The van der Waals surface area contributed by atoms with E-state index in [0.717, 1.165) is 11.3 Å². The van der Waals surface area contributed by atoms with Gasteiger partial charge in [0, 0.05) is 4.88 Å². The standard InChI is InChI=1S/C6H7N3S/c1-2-5-4(3-7)6(8)9-10-5/h2H2,1H3,(H2,8,9). The molecule has 3 nitrogen and oxygen atoms in total. The first-order valence-corrected chi connectivity index (χ1v) is 3.71. The van der Waals surface area contributed by atoms with Crippen LogP contribution < -0.4 is 5.73 Å². The minimum absolute atomic E-state index is 0.365. The number of hydrogen-bond donors (Lipinski definition) is 1. The summed E-state index contributed by atoms with van der Waals surface area (Å²) in [6.45, 7) is 1.98. The lowest BCUT2D eigenvalue weighted by Crippen LogP contribution is -1.88. The summed E-state index contributed by atoms with van der Waals surface area (Å²) in [5, 5.41) is 8.56. The van der Waals surface area contributed by atoms with Crippen LogP contribution in [0, 0.1) is 11.3 Å². The molecule has 1 aromatic heterocycles. The second-order valence-corrected chi connectivity index (χ2v) is 2.69. The Morgan fingerprint density at radius 2 is 2.50 bits per heavy atom. The van der Waals surface area contributed by atoms with Gasteiger partial charge in [-0.3, -0.25) is 0 Å². The van der Waals surface area contributed by atoms with Crippen LogP contribution in [0.4, 0.5) is 5.82 Å². The van der Waals surface area contributed by atoms with Gasteiger partial charge < -0.3 is 5.73 Å². The average molecular weight is 153 g/mol. The minimum atomic E-state index is 0.365. The highest BCUT2D eigenvalue weighted by molar-refractivity contribution is 7.06. The van der Waals surface area contributed by atoms with Gasteiger partial charge in [0.25, 0.3) is 0 Å². The Morgan fingerprint density at radius 1 is 1.80 bits per heavy atom. The fraction of sp³-hybridized carbons (Fsp3) is 0.333. The third-order valence-electron chi connectivity index (χ3n) is 1.22. The number of nitrogens with zero attached hydrogens (tertiary/aromatic N) is 2. The quantitative estimate of drug-likeness (QED) is 0.658. The van der Waals surface area contributed by atoms with Crippen LogP contribution in [0.2, 0.25) is 0 Å². The molecule has 2 N–H and O–H groups in total. The van der Waals surface area contributed by atoms with Crippen LogP contribution in [0.5, 0.6) is 0 Å². The second kappa shape index (κ2) is 2.67. The van der Waals surface area contributed by atoms with Crippen molar-refractivity contribution < 1.29 is 0 Å². The molecule has 1 heterocycles. The third kappa shape index (κ3) is 0.957. The normalized spacial score (nSPS) is 9.20. The lowest BCUT2D eigenvalue weighted by atomic mass is 10.2. The zero-order valence-corrected chi connectivity index (χ0v) is 6.40. The van der Waals surface area contributed by atoms with E-state index < -0.39 is 0 Å². The van der Waals surface area contributed by atoms with Crippen LogP contribution in [0.1, 0.15) is 17.4 Å². The number of nitriles is 1. The summed E-state index contributed by atoms with van der Waals surface area (Å²) in [5.74, 6) is 0.365. The Morgan fingerprint density at radius 3 is 2.90 bits per heavy atom. The van der Waals surface area contributed by atoms with Gasteiger partial charge in [-0.25, -0.2) is 0 Å². The first-order valence-electron chi connectivity index (χ1n) is 2.93. The second-order valence-electron chi connectivity index (χ2n) is 1.83. The molecule has 0 aliphatic carbocycles. The number of nitrogen functional groups attached to an aromatic ring is 1. The van der Waals surface area contributed by atoms with E-state index in [9.17, 15) is 0 Å². The molecule has 0 unspecified atom stereocenters. The molecular formula is C6H7N3S. The fourth-order valence-corrected chi connectivity index (χ4v) is 1.37. The number of hydrogen-bond acceptors (Lipinski definition) is 4. The Hall–Kier alpha value is -1.08. The smallest absolute Gasteiger partial charge is 0.155 e. The maximum absolute atomic E-state index is 8.56. The van der Waals surface area contributed by atoms with E-state index in [2.05, 4.69) is 4.37 Å². The number of rotatable bonds is 1. The molecular weight excluding hydrogens is 146 g/mol. The molecule has 0 spiro atoms. The summed E-state index contributed by atoms with van der Waals surface area (Å²) in [4.78, 5) is 0.972. The Balaban J connectivity index is 3.17.